The summed E-state index contributed by atoms with van der Waals surface area (Å²) in [5.41, 5.74) is 3.11. The Hall–Kier alpha value is -3.14. The largest absolute Gasteiger partial charge is 0.381 e. The van der Waals surface area contributed by atoms with E-state index in [2.05, 4.69) is 10.6 Å². The van der Waals surface area contributed by atoms with E-state index in [1.807, 2.05) is 44.2 Å². The van der Waals surface area contributed by atoms with Crippen molar-refractivity contribution in [3.8, 4) is 0 Å². The Balaban J connectivity index is 2.15. The highest BCUT2D eigenvalue weighted by Gasteiger charge is 2.33. The normalized spacial score (nSPS) is 13.2. The van der Waals surface area contributed by atoms with E-state index < -0.39 is 0 Å². The van der Waals surface area contributed by atoms with Gasteiger partial charge in [0.1, 0.15) is 0 Å². The maximum atomic E-state index is 13.1. The maximum absolute atomic E-state index is 13.1. The molecule has 0 amide bonds. The Morgan fingerprint density at radius 1 is 0.885 bits per heavy atom. The Kier molecular flexibility index (Phi) is 5.32. The van der Waals surface area contributed by atoms with Gasteiger partial charge in [-0.25, -0.2) is 0 Å². The molecule has 0 saturated heterocycles. The quantitative estimate of drug-likeness (QED) is 0.630. The molecule has 2 N–H and O–H groups in total. The smallest absolute Gasteiger partial charge is 0.196 e. The van der Waals surface area contributed by atoms with Crippen LogP contribution in [0.5, 0.6) is 0 Å². The van der Waals surface area contributed by atoms with Crippen molar-refractivity contribution in [1.82, 2.24) is 0 Å². The number of fused-ring (bicyclic) bond motifs is 2. The monoisotopic (exact) mass is 346 g/mol. The zero-order valence-corrected chi connectivity index (χ0v) is 15.0. The van der Waals surface area contributed by atoms with Gasteiger partial charge in [0.2, 0.25) is 0 Å². The average Bonchev–Trinajstić information content (AvgIpc) is 2.67. The van der Waals surface area contributed by atoms with E-state index in [1.165, 1.54) is 0 Å². The highest BCUT2D eigenvalue weighted by molar-refractivity contribution is 6.31. The summed E-state index contributed by atoms with van der Waals surface area (Å²) in [6, 6.07) is 10.7. The molecular formula is C22H22N2O2. The number of ketones is 2. The number of carbonyl (C=O) groups is 2. The molecule has 0 fully saturated rings. The minimum atomic E-state index is -0.128. The van der Waals surface area contributed by atoms with E-state index in [4.69, 9.17) is 0 Å². The first-order chi connectivity index (χ1) is 12.7. The Morgan fingerprint density at radius 2 is 1.50 bits per heavy atom. The first kappa shape index (κ1) is 17.7. The summed E-state index contributed by atoms with van der Waals surface area (Å²) < 4.78 is 0. The summed E-state index contributed by atoms with van der Waals surface area (Å²) in [7, 11) is 0. The summed E-state index contributed by atoms with van der Waals surface area (Å²) >= 11 is 0. The van der Waals surface area contributed by atoms with E-state index in [0.29, 0.717) is 40.2 Å². The van der Waals surface area contributed by atoms with Crippen molar-refractivity contribution >= 4 is 22.9 Å². The Morgan fingerprint density at radius 3 is 2.12 bits per heavy atom. The van der Waals surface area contributed by atoms with Crippen LogP contribution in [0.1, 0.15) is 52.1 Å². The van der Waals surface area contributed by atoms with Crippen LogP contribution in [0.15, 0.2) is 60.8 Å². The van der Waals surface area contributed by atoms with Crippen LogP contribution in [0.4, 0.5) is 11.4 Å². The standard InChI is InChI=1S/C22H22N2O2/c1-3-5-13-23-17-11-12-18(24-14-6-4-2)20-19(17)21(25)15-9-7-8-10-16(15)22(20)26/h3,5-12,14,23-24H,4,13H2,1-2H3/b5-3-,14-6+. The van der Waals surface area contributed by atoms with Gasteiger partial charge >= 0.3 is 0 Å². The van der Waals surface area contributed by atoms with Gasteiger partial charge in [0, 0.05) is 23.4 Å². The fourth-order valence-corrected chi connectivity index (χ4v) is 3.04. The molecule has 4 nitrogen and oxygen atoms in total. The van der Waals surface area contributed by atoms with Crippen LogP contribution >= 0.6 is 0 Å². The maximum Gasteiger partial charge on any atom is 0.196 e. The SMILES string of the molecule is C/C=C\CNc1ccc(N/C=C/CC)c2c1C(=O)c1ccccc1C2=O. The van der Waals surface area contributed by atoms with Crippen LogP contribution < -0.4 is 10.6 Å². The van der Waals surface area contributed by atoms with Gasteiger partial charge in [-0.2, -0.15) is 0 Å². The molecule has 3 rings (SSSR count). The van der Waals surface area contributed by atoms with E-state index in [1.54, 1.807) is 30.5 Å². The van der Waals surface area contributed by atoms with Crippen molar-refractivity contribution in [3.05, 3.63) is 83.1 Å². The predicted molar refractivity (Wildman–Crippen MR) is 106 cm³/mol. The molecule has 0 aromatic heterocycles. The minimum absolute atomic E-state index is 0.124. The van der Waals surface area contributed by atoms with Gasteiger partial charge < -0.3 is 10.6 Å². The molecular weight excluding hydrogens is 324 g/mol. The van der Waals surface area contributed by atoms with Crippen LogP contribution in [0.2, 0.25) is 0 Å². The molecule has 0 bridgehead atoms. The van der Waals surface area contributed by atoms with Crippen LogP contribution in [0.3, 0.4) is 0 Å². The van der Waals surface area contributed by atoms with Gasteiger partial charge in [0.05, 0.1) is 16.8 Å². The van der Waals surface area contributed by atoms with Crippen molar-refractivity contribution in [3.63, 3.8) is 0 Å². The van der Waals surface area contributed by atoms with Crippen molar-refractivity contribution < 1.29 is 9.59 Å². The summed E-state index contributed by atoms with van der Waals surface area (Å²) in [4.78, 5) is 26.3. The minimum Gasteiger partial charge on any atom is -0.381 e. The molecule has 0 spiro atoms. The van der Waals surface area contributed by atoms with Gasteiger partial charge in [0.25, 0.3) is 0 Å². The third kappa shape index (κ3) is 3.18. The zero-order chi connectivity index (χ0) is 18.5. The topological polar surface area (TPSA) is 58.2 Å². The summed E-state index contributed by atoms with van der Waals surface area (Å²) in [6.45, 7) is 4.57. The average molecular weight is 346 g/mol. The van der Waals surface area contributed by atoms with Crippen LogP contribution in [-0.4, -0.2) is 18.1 Å². The Bertz CT molecular complexity index is 910. The molecule has 2 aromatic rings. The first-order valence-corrected chi connectivity index (χ1v) is 8.81. The highest BCUT2D eigenvalue weighted by Crippen LogP contribution is 2.36. The second-order valence-electron chi connectivity index (χ2n) is 6.02. The number of benzene rings is 2. The van der Waals surface area contributed by atoms with E-state index in [0.717, 1.165) is 6.42 Å². The molecule has 0 saturated carbocycles. The molecule has 0 heterocycles. The van der Waals surface area contributed by atoms with Crippen LogP contribution in [0, 0.1) is 0 Å². The van der Waals surface area contributed by atoms with E-state index >= 15 is 0 Å². The van der Waals surface area contributed by atoms with Gasteiger partial charge in [-0.15, -0.1) is 0 Å². The predicted octanol–water partition coefficient (Wildman–Crippen LogP) is 4.79. The molecule has 0 unspecified atom stereocenters. The molecule has 0 radical (unpaired) electrons. The van der Waals surface area contributed by atoms with Crippen molar-refractivity contribution in [2.45, 2.75) is 20.3 Å². The second-order valence-corrected chi connectivity index (χ2v) is 6.02. The Labute approximate surface area is 153 Å². The van der Waals surface area contributed by atoms with E-state index in [-0.39, 0.29) is 11.6 Å². The lowest BCUT2D eigenvalue weighted by atomic mass is 9.82. The molecule has 1 aliphatic carbocycles. The van der Waals surface area contributed by atoms with Gasteiger partial charge in [-0.3, -0.25) is 9.59 Å². The van der Waals surface area contributed by atoms with Crippen LogP contribution in [-0.2, 0) is 0 Å². The summed E-state index contributed by atoms with van der Waals surface area (Å²) in [5, 5.41) is 6.40. The molecule has 4 heteroatoms. The first-order valence-electron chi connectivity index (χ1n) is 8.81. The molecule has 26 heavy (non-hydrogen) atoms. The second kappa shape index (κ2) is 7.83. The molecule has 0 atom stereocenters. The number of nitrogens with one attached hydrogen (secondary N) is 2. The number of rotatable bonds is 6. The van der Waals surface area contributed by atoms with E-state index in [9.17, 15) is 9.59 Å². The highest BCUT2D eigenvalue weighted by atomic mass is 16.1. The molecule has 2 aromatic carbocycles. The molecule has 132 valence electrons. The fourth-order valence-electron chi connectivity index (χ4n) is 3.04. The lowest BCUT2D eigenvalue weighted by Gasteiger charge is -2.23. The molecule has 0 aliphatic heterocycles. The third-order valence-corrected chi connectivity index (χ3v) is 4.31. The van der Waals surface area contributed by atoms with Gasteiger partial charge in [-0.05, 0) is 31.7 Å². The van der Waals surface area contributed by atoms with Crippen molar-refractivity contribution in [2.24, 2.45) is 0 Å². The van der Waals surface area contributed by atoms with Crippen LogP contribution in [0.25, 0.3) is 0 Å². The zero-order valence-electron chi connectivity index (χ0n) is 15.0. The number of anilines is 2. The lowest BCUT2D eigenvalue weighted by Crippen LogP contribution is -2.23. The summed E-state index contributed by atoms with van der Waals surface area (Å²) in [6.07, 6.45) is 8.56. The third-order valence-electron chi connectivity index (χ3n) is 4.31. The van der Waals surface area contributed by atoms with Crippen molar-refractivity contribution in [1.29, 1.82) is 0 Å². The number of hydrogen-bond donors (Lipinski definition) is 2. The number of allylic oxidation sites excluding steroid dienone is 2. The van der Waals surface area contributed by atoms with Crippen molar-refractivity contribution in [2.75, 3.05) is 17.2 Å². The number of hydrogen-bond acceptors (Lipinski definition) is 4. The number of carbonyl (C=O) groups excluding carboxylic acids is 2. The molecule has 1 aliphatic rings. The van der Waals surface area contributed by atoms with Gasteiger partial charge in [-0.1, -0.05) is 49.4 Å². The fraction of sp³-hybridized carbons (Fsp3) is 0.182. The van der Waals surface area contributed by atoms with Gasteiger partial charge in [0.15, 0.2) is 11.6 Å². The summed E-state index contributed by atoms with van der Waals surface area (Å²) in [5.74, 6) is -0.251. The lowest BCUT2D eigenvalue weighted by molar-refractivity contribution is 0.0980.